The van der Waals surface area contributed by atoms with Crippen molar-refractivity contribution in [2.45, 2.75) is 37.9 Å². The molecule has 2 fully saturated rings. The Hall–Kier alpha value is -3.29. The zero-order valence-electron chi connectivity index (χ0n) is 19.4. The third-order valence-corrected chi connectivity index (χ3v) is 7.37. The summed E-state index contributed by atoms with van der Waals surface area (Å²) < 4.78 is 4.10. The number of aromatic nitrogens is 5. The highest BCUT2D eigenvalue weighted by atomic mass is 15.3. The topological polar surface area (TPSA) is 55.0 Å². The first-order chi connectivity index (χ1) is 16.8. The fourth-order valence-corrected chi connectivity index (χ4v) is 5.24. The Morgan fingerprint density at radius 2 is 1.68 bits per heavy atom. The van der Waals surface area contributed by atoms with E-state index in [-0.39, 0.29) is 6.04 Å². The van der Waals surface area contributed by atoms with Gasteiger partial charge in [0.25, 0.3) is 0 Å². The molecule has 6 rings (SSSR count). The summed E-state index contributed by atoms with van der Waals surface area (Å²) in [6, 6.07) is 22.1. The minimum Gasteiger partial charge on any atom is -0.311 e. The van der Waals surface area contributed by atoms with Gasteiger partial charge in [-0.1, -0.05) is 48.9 Å². The Morgan fingerprint density at radius 3 is 2.35 bits per heavy atom. The lowest BCUT2D eigenvalue weighted by Crippen LogP contribution is -2.53. The molecular weight excluding hydrogens is 422 g/mol. The average Bonchev–Trinajstić information content (AvgIpc) is 3.54. The van der Waals surface area contributed by atoms with E-state index in [1.165, 1.54) is 30.4 Å². The lowest BCUT2D eigenvalue weighted by molar-refractivity contribution is 0.0476. The molecule has 7 nitrogen and oxygen atoms in total. The molecule has 1 unspecified atom stereocenters. The maximum absolute atomic E-state index is 4.66. The maximum atomic E-state index is 4.66. The SMILES string of the molecule is c1ccc(Cn2cnnc2C(c2ccc(-n3cccn3)cc2)N2CCN(C3CCC3)CC2)cc1. The van der Waals surface area contributed by atoms with Gasteiger partial charge in [-0.2, -0.15) is 5.10 Å². The van der Waals surface area contributed by atoms with Crippen LogP contribution in [0.4, 0.5) is 0 Å². The highest BCUT2D eigenvalue weighted by molar-refractivity contribution is 5.37. The van der Waals surface area contributed by atoms with Crippen molar-refractivity contribution < 1.29 is 0 Å². The van der Waals surface area contributed by atoms with Gasteiger partial charge in [0.2, 0.25) is 0 Å². The third kappa shape index (κ3) is 4.29. The molecule has 3 heterocycles. The summed E-state index contributed by atoms with van der Waals surface area (Å²) in [6.45, 7) is 5.10. The molecule has 0 spiro atoms. The van der Waals surface area contributed by atoms with Crippen molar-refractivity contribution in [2.24, 2.45) is 0 Å². The molecule has 1 atom stereocenters. The Kier molecular flexibility index (Phi) is 5.95. The molecule has 1 saturated carbocycles. The second-order valence-corrected chi connectivity index (χ2v) is 9.40. The summed E-state index contributed by atoms with van der Waals surface area (Å²) in [6.07, 6.45) is 9.78. The lowest BCUT2D eigenvalue weighted by Gasteiger charge is -2.44. The van der Waals surface area contributed by atoms with Gasteiger partial charge in [0.15, 0.2) is 5.82 Å². The first-order valence-corrected chi connectivity index (χ1v) is 12.3. The minimum atomic E-state index is 0.0708. The fourth-order valence-electron chi connectivity index (χ4n) is 5.24. The summed E-state index contributed by atoms with van der Waals surface area (Å²) in [5.41, 5.74) is 3.56. The van der Waals surface area contributed by atoms with E-state index < -0.39 is 0 Å². The minimum absolute atomic E-state index is 0.0708. The molecule has 0 bridgehead atoms. The highest BCUT2D eigenvalue weighted by Crippen LogP contribution is 2.32. The Balaban J connectivity index is 1.30. The summed E-state index contributed by atoms with van der Waals surface area (Å²) in [5.74, 6) is 1.01. The lowest BCUT2D eigenvalue weighted by atomic mass is 9.91. The first kappa shape index (κ1) is 21.3. The van der Waals surface area contributed by atoms with Gasteiger partial charge < -0.3 is 4.57 Å². The molecule has 7 heteroatoms. The Morgan fingerprint density at radius 1 is 0.882 bits per heavy atom. The van der Waals surface area contributed by atoms with E-state index in [1.807, 2.05) is 29.5 Å². The van der Waals surface area contributed by atoms with E-state index >= 15 is 0 Å². The summed E-state index contributed by atoms with van der Waals surface area (Å²) >= 11 is 0. The number of benzene rings is 2. The van der Waals surface area contributed by atoms with Crippen LogP contribution in [-0.4, -0.2) is 66.6 Å². The third-order valence-electron chi connectivity index (χ3n) is 7.37. The number of piperazine rings is 1. The van der Waals surface area contributed by atoms with Crippen LogP contribution in [0.1, 0.15) is 42.3 Å². The van der Waals surface area contributed by atoms with Gasteiger partial charge in [-0.15, -0.1) is 10.2 Å². The molecule has 2 aromatic carbocycles. The van der Waals surface area contributed by atoms with E-state index in [9.17, 15) is 0 Å². The average molecular weight is 454 g/mol. The van der Waals surface area contributed by atoms with Crippen LogP contribution < -0.4 is 0 Å². The van der Waals surface area contributed by atoms with Crippen molar-refractivity contribution in [3.8, 4) is 5.69 Å². The first-order valence-electron chi connectivity index (χ1n) is 12.3. The summed E-state index contributed by atoms with van der Waals surface area (Å²) in [7, 11) is 0. The van der Waals surface area contributed by atoms with E-state index in [1.54, 1.807) is 0 Å². The standard InChI is InChI=1S/C27H31N7/c1-2-6-22(7-3-1)20-33-21-28-30-27(33)26(32-18-16-31(17-19-32)24-8-4-9-24)23-10-12-25(13-11-23)34-15-5-14-29-34/h1-3,5-7,10-15,21,24,26H,4,8-9,16-20H2. The zero-order chi connectivity index (χ0) is 22.7. The molecule has 1 aliphatic carbocycles. The quantitative estimate of drug-likeness (QED) is 0.426. The number of nitrogens with zero attached hydrogens (tertiary/aromatic N) is 7. The van der Waals surface area contributed by atoms with Gasteiger partial charge >= 0.3 is 0 Å². The van der Waals surface area contributed by atoms with Crippen molar-refractivity contribution >= 4 is 0 Å². The van der Waals surface area contributed by atoms with E-state index in [2.05, 4.69) is 84.3 Å². The van der Waals surface area contributed by atoms with E-state index in [0.717, 1.165) is 50.3 Å². The van der Waals surface area contributed by atoms with Crippen LogP contribution >= 0.6 is 0 Å². The Bertz CT molecular complexity index is 1170. The van der Waals surface area contributed by atoms with Gasteiger partial charge in [-0.25, -0.2) is 4.68 Å². The van der Waals surface area contributed by atoms with Gasteiger partial charge in [0.1, 0.15) is 6.33 Å². The number of hydrogen-bond donors (Lipinski definition) is 0. The molecule has 2 aliphatic rings. The second-order valence-electron chi connectivity index (χ2n) is 9.40. The molecule has 1 aliphatic heterocycles. The zero-order valence-corrected chi connectivity index (χ0v) is 19.4. The molecule has 2 aromatic heterocycles. The molecule has 0 radical (unpaired) electrons. The van der Waals surface area contributed by atoms with E-state index in [4.69, 9.17) is 0 Å². The molecule has 1 saturated heterocycles. The van der Waals surface area contributed by atoms with Crippen LogP contribution in [0.2, 0.25) is 0 Å². The number of hydrogen-bond acceptors (Lipinski definition) is 5. The van der Waals surface area contributed by atoms with Gasteiger partial charge in [-0.05, 0) is 42.2 Å². The highest BCUT2D eigenvalue weighted by Gasteiger charge is 2.33. The van der Waals surface area contributed by atoms with Crippen molar-refractivity contribution in [2.75, 3.05) is 26.2 Å². The predicted octanol–water partition coefficient (Wildman–Crippen LogP) is 3.77. The molecule has 4 aromatic rings. The molecule has 0 N–H and O–H groups in total. The van der Waals surface area contributed by atoms with Crippen molar-refractivity contribution in [3.05, 3.63) is 96.3 Å². The normalized spacial score (nSPS) is 18.6. The molecule has 0 amide bonds. The summed E-state index contributed by atoms with van der Waals surface area (Å²) in [4.78, 5) is 5.27. The smallest absolute Gasteiger partial charge is 0.155 e. The van der Waals surface area contributed by atoms with Crippen LogP contribution in [0.15, 0.2) is 79.4 Å². The molecule has 34 heavy (non-hydrogen) atoms. The largest absolute Gasteiger partial charge is 0.311 e. The maximum Gasteiger partial charge on any atom is 0.155 e. The van der Waals surface area contributed by atoms with Crippen molar-refractivity contribution in [1.82, 2.24) is 34.3 Å². The summed E-state index contributed by atoms with van der Waals surface area (Å²) in [5, 5.41) is 13.4. The van der Waals surface area contributed by atoms with Gasteiger partial charge in [-0.3, -0.25) is 9.80 Å². The fraction of sp³-hybridized carbons (Fsp3) is 0.370. The van der Waals surface area contributed by atoms with Crippen LogP contribution in [0.5, 0.6) is 0 Å². The monoisotopic (exact) mass is 453 g/mol. The van der Waals surface area contributed by atoms with Crippen molar-refractivity contribution in [3.63, 3.8) is 0 Å². The van der Waals surface area contributed by atoms with Gasteiger partial charge in [0.05, 0.1) is 18.3 Å². The molecular formula is C27H31N7. The van der Waals surface area contributed by atoms with Crippen LogP contribution in [0.25, 0.3) is 5.69 Å². The predicted molar refractivity (Wildman–Crippen MR) is 132 cm³/mol. The molecule has 174 valence electrons. The van der Waals surface area contributed by atoms with Crippen LogP contribution in [0.3, 0.4) is 0 Å². The van der Waals surface area contributed by atoms with Gasteiger partial charge in [0, 0.05) is 44.6 Å². The number of rotatable bonds is 7. The van der Waals surface area contributed by atoms with Crippen molar-refractivity contribution in [1.29, 1.82) is 0 Å². The van der Waals surface area contributed by atoms with Crippen LogP contribution in [-0.2, 0) is 6.54 Å². The van der Waals surface area contributed by atoms with Crippen LogP contribution in [0, 0.1) is 0 Å². The Labute approximate surface area is 200 Å². The second kappa shape index (κ2) is 9.52. The van der Waals surface area contributed by atoms with E-state index in [0.29, 0.717) is 0 Å².